The van der Waals surface area contributed by atoms with Gasteiger partial charge in [0.2, 0.25) is 5.91 Å². The number of rotatable bonds is 7. The molecule has 0 aromatic heterocycles. The van der Waals surface area contributed by atoms with Gasteiger partial charge in [0.1, 0.15) is 6.04 Å². The molecule has 0 aliphatic rings. The summed E-state index contributed by atoms with van der Waals surface area (Å²) in [4.78, 5) is 44.9. The van der Waals surface area contributed by atoms with Gasteiger partial charge in [0.25, 0.3) is 5.91 Å². The molecule has 0 radical (unpaired) electrons. The van der Waals surface area contributed by atoms with Gasteiger partial charge in [-0.25, -0.2) is 4.79 Å². The van der Waals surface area contributed by atoms with Crippen molar-refractivity contribution in [2.75, 3.05) is 11.9 Å². The van der Waals surface area contributed by atoms with Gasteiger partial charge in [0.15, 0.2) is 0 Å². The quantitative estimate of drug-likeness (QED) is 0.426. The van der Waals surface area contributed by atoms with Crippen LogP contribution >= 0.6 is 0 Å². The van der Waals surface area contributed by atoms with Crippen molar-refractivity contribution in [2.45, 2.75) is 12.5 Å². The molecule has 1 atom stereocenters. The van der Waals surface area contributed by atoms with E-state index in [1.807, 2.05) is 0 Å². The molecule has 1 aromatic rings. The van der Waals surface area contributed by atoms with Gasteiger partial charge in [-0.2, -0.15) is 0 Å². The van der Waals surface area contributed by atoms with E-state index in [1.54, 1.807) is 0 Å². The number of carboxylic acids is 1. The summed E-state index contributed by atoms with van der Waals surface area (Å²) in [5, 5.41) is 15.6. The largest absolute Gasteiger partial charge is 0.481 e. The van der Waals surface area contributed by atoms with Crippen LogP contribution in [-0.2, 0) is 9.59 Å². The maximum absolute atomic E-state index is 12.0. The van der Waals surface area contributed by atoms with Crippen LogP contribution < -0.4 is 21.7 Å². The van der Waals surface area contributed by atoms with Gasteiger partial charge in [0, 0.05) is 11.3 Å². The Balaban J connectivity index is 2.56. The molecule has 4 amide bonds. The Bertz CT molecular complexity index is 695. The number of aliphatic carboxylic acids is 1. The monoisotopic (exact) mass is 332 g/mol. The highest BCUT2D eigenvalue weighted by Gasteiger charge is 2.14. The molecule has 0 saturated heterocycles. The molecular weight excluding hydrogens is 316 g/mol. The third-order valence-corrected chi connectivity index (χ3v) is 2.72. The number of carboxylic acid groups (broad SMARTS) is 1. The Hall–Kier alpha value is -3.54. The van der Waals surface area contributed by atoms with Crippen LogP contribution in [0.4, 0.5) is 10.5 Å². The fourth-order valence-corrected chi connectivity index (χ4v) is 1.71. The highest BCUT2D eigenvalue weighted by atomic mass is 16.4. The number of nitrogens with two attached hydrogens (primary N) is 1. The van der Waals surface area contributed by atoms with Gasteiger partial charge in [-0.3, -0.25) is 14.4 Å². The van der Waals surface area contributed by atoms with Crippen molar-refractivity contribution in [1.82, 2.24) is 10.6 Å². The normalized spacial score (nSPS) is 10.8. The molecule has 0 aliphatic carbocycles. The van der Waals surface area contributed by atoms with E-state index in [0.717, 1.165) is 0 Å². The van der Waals surface area contributed by atoms with Gasteiger partial charge in [-0.1, -0.05) is 12.0 Å². The van der Waals surface area contributed by atoms with E-state index < -0.39 is 36.3 Å². The minimum atomic E-state index is -1.15. The fraction of sp³-hybridized carbons (Fsp3) is 0.200. The second-order valence-electron chi connectivity index (χ2n) is 4.64. The molecule has 6 N–H and O–H groups in total. The minimum Gasteiger partial charge on any atom is -0.481 e. The fourth-order valence-electron chi connectivity index (χ4n) is 1.71. The van der Waals surface area contributed by atoms with E-state index in [-0.39, 0.29) is 12.1 Å². The molecule has 0 aliphatic heterocycles. The van der Waals surface area contributed by atoms with E-state index in [0.29, 0.717) is 5.69 Å². The lowest BCUT2D eigenvalue weighted by molar-refractivity contribution is -0.137. The Morgan fingerprint density at radius 1 is 1.29 bits per heavy atom. The predicted molar refractivity (Wildman–Crippen MR) is 85.0 cm³/mol. The summed E-state index contributed by atoms with van der Waals surface area (Å²) in [7, 11) is 0. The van der Waals surface area contributed by atoms with Crippen molar-refractivity contribution < 1.29 is 24.3 Å². The number of carbonyl (C=O) groups is 4. The number of primary amides is 1. The van der Waals surface area contributed by atoms with Crippen LogP contribution in [0.5, 0.6) is 0 Å². The summed E-state index contributed by atoms with van der Waals surface area (Å²) >= 11 is 0. The number of carbonyl (C=O) groups excluding carboxylic acids is 3. The van der Waals surface area contributed by atoms with Crippen LogP contribution in [-0.4, -0.2) is 41.5 Å². The average molecular weight is 332 g/mol. The molecule has 9 nitrogen and oxygen atoms in total. The molecule has 0 heterocycles. The third kappa shape index (κ3) is 6.48. The zero-order valence-corrected chi connectivity index (χ0v) is 12.5. The first kappa shape index (κ1) is 18.5. The average Bonchev–Trinajstić information content (AvgIpc) is 2.51. The highest BCUT2D eigenvalue weighted by Crippen LogP contribution is 2.10. The molecule has 1 rings (SSSR count). The predicted octanol–water partition coefficient (Wildman–Crippen LogP) is -0.500. The highest BCUT2D eigenvalue weighted by molar-refractivity contribution is 5.98. The van der Waals surface area contributed by atoms with Gasteiger partial charge in [0.05, 0.1) is 13.0 Å². The Morgan fingerprint density at radius 2 is 2.00 bits per heavy atom. The number of anilines is 1. The zero-order valence-electron chi connectivity index (χ0n) is 12.5. The van der Waals surface area contributed by atoms with Crippen molar-refractivity contribution in [3.8, 4) is 12.3 Å². The molecule has 1 aromatic carbocycles. The molecule has 0 fully saturated rings. The van der Waals surface area contributed by atoms with E-state index >= 15 is 0 Å². The first-order valence-electron chi connectivity index (χ1n) is 6.74. The van der Waals surface area contributed by atoms with Gasteiger partial charge in [-0.05, 0) is 18.2 Å². The third-order valence-electron chi connectivity index (χ3n) is 2.72. The number of benzene rings is 1. The SMILES string of the molecule is C#CC(CC(=O)O)NC(=O)CNC(=O)c1cccc(NC(N)=O)c1. The van der Waals surface area contributed by atoms with E-state index in [2.05, 4.69) is 21.9 Å². The summed E-state index contributed by atoms with van der Waals surface area (Å²) in [6.45, 7) is -0.385. The summed E-state index contributed by atoms with van der Waals surface area (Å²) in [6.07, 6.45) is 4.69. The van der Waals surface area contributed by atoms with Crippen molar-refractivity contribution >= 4 is 29.5 Å². The number of amides is 4. The van der Waals surface area contributed by atoms with Crippen LogP contribution in [0.3, 0.4) is 0 Å². The standard InChI is InChI=1S/C15H16N4O5/c1-2-10(7-13(21)22)18-12(20)8-17-14(23)9-4-3-5-11(6-9)19-15(16)24/h1,3-6,10H,7-8H2,(H,17,23)(H,18,20)(H,21,22)(H3,16,19,24). The van der Waals surface area contributed by atoms with Crippen LogP contribution in [0.1, 0.15) is 16.8 Å². The Kier molecular flexibility index (Phi) is 6.78. The van der Waals surface area contributed by atoms with Gasteiger partial charge < -0.3 is 26.8 Å². The minimum absolute atomic E-state index is 0.202. The maximum atomic E-state index is 12.0. The topological polar surface area (TPSA) is 151 Å². The number of hydrogen-bond donors (Lipinski definition) is 5. The number of terminal acetylenes is 1. The van der Waals surface area contributed by atoms with Crippen molar-refractivity contribution in [3.05, 3.63) is 29.8 Å². The number of nitrogens with one attached hydrogen (secondary N) is 3. The summed E-state index contributed by atoms with van der Waals surface area (Å²) in [6, 6.07) is 4.19. The van der Waals surface area contributed by atoms with E-state index in [1.165, 1.54) is 24.3 Å². The molecule has 0 saturated carbocycles. The van der Waals surface area contributed by atoms with Crippen LogP contribution in [0.25, 0.3) is 0 Å². The smallest absolute Gasteiger partial charge is 0.316 e. The molecular formula is C15H16N4O5. The van der Waals surface area contributed by atoms with Crippen molar-refractivity contribution in [2.24, 2.45) is 5.73 Å². The summed E-state index contributed by atoms with van der Waals surface area (Å²) in [5.74, 6) is -0.207. The van der Waals surface area contributed by atoms with Gasteiger partial charge >= 0.3 is 12.0 Å². The Morgan fingerprint density at radius 3 is 2.58 bits per heavy atom. The maximum Gasteiger partial charge on any atom is 0.316 e. The van der Waals surface area contributed by atoms with Crippen molar-refractivity contribution in [3.63, 3.8) is 0 Å². The van der Waals surface area contributed by atoms with E-state index in [4.69, 9.17) is 17.3 Å². The number of hydrogen-bond acceptors (Lipinski definition) is 4. The molecule has 9 heteroatoms. The van der Waals surface area contributed by atoms with Gasteiger partial charge in [-0.15, -0.1) is 6.42 Å². The Labute approximate surface area is 137 Å². The second-order valence-corrected chi connectivity index (χ2v) is 4.64. The summed E-state index contributed by atoms with van der Waals surface area (Å²) < 4.78 is 0. The van der Waals surface area contributed by atoms with Crippen LogP contribution in [0, 0.1) is 12.3 Å². The molecule has 1 unspecified atom stereocenters. The van der Waals surface area contributed by atoms with Crippen LogP contribution in [0.15, 0.2) is 24.3 Å². The lowest BCUT2D eigenvalue weighted by atomic mass is 10.2. The van der Waals surface area contributed by atoms with Crippen molar-refractivity contribution in [1.29, 1.82) is 0 Å². The second kappa shape index (κ2) is 8.79. The zero-order chi connectivity index (χ0) is 18.1. The van der Waals surface area contributed by atoms with E-state index in [9.17, 15) is 19.2 Å². The molecule has 0 spiro atoms. The molecule has 0 bridgehead atoms. The molecule has 126 valence electrons. The lowest BCUT2D eigenvalue weighted by Crippen LogP contribution is -2.42. The van der Waals surface area contributed by atoms with Crippen LogP contribution in [0.2, 0.25) is 0 Å². The number of urea groups is 1. The first-order chi connectivity index (χ1) is 11.3. The first-order valence-corrected chi connectivity index (χ1v) is 6.74. The lowest BCUT2D eigenvalue weighted by Gasteiger charge is -2.11. The molecule has 24 heavy (non-hydrogen) atoms. The summed E-state index contributed by atoms with van der Waals surface area (Å²) in [5.41, 5.74) is 5.51.